The van der Waals surface area contributed by atoms with Crippen molar-refractivity contribution in [2.75, 3.05) is 0 Å². The Bertz CT molecular complexity index is 908. The number of carbonyl (C=O) groups excluding carboxylic acids is 2. The van der Waals surface area contributed by atoms with Crippen LogP contribution in [0.2, 0.25) is 0 Å². The Morgan fingerprint density at radius 3 is 1.46 bits per heavy atom. The molecule has 37 heavy (non-hydrogen) atoms. The first kappa shape index (κ1) is 27.9. The van der Waals surface area contributed by atoms with Crippen molar-refractivity contribution in [3.8, 4) is 0 Å². The fourth-order valence-corrected chi connectivity index (χ4v) is 7.66. The average molecular weight is 509 g/mol. The van der Waals surface area contributed by atoms with E-state index < -0.39 is 23.0 Å². The molecule has 0 N–H and O–H groups in total. The summed E-state index contributed by atoms with van der Waals surface area (Å²) in [4.78, 5) is 27.9. The number of fused-ring (bicyclic) bond motifs is 2. The summed E-state index contributed by atoms with van der Waals surface area (Å²) < 4.78 is 12.9. The van der Waals surface area contributed by atoms with Crippen LogP contribution in [0.1, 0.15) is 99.3 Å². The zero-order valence-corrected chi connectivity index (χ0v) is 23.9. The first-order valence-corrected chi connectivity index (χ1v) is 15.1. The second kappa shape index (κ2) is 11.3. The van der Waals surface area contributed by atoms with Gasteiger partial charge in [0.2, 0.25) is 0 Å². The molecule has 0 heterocycles. The molecule has 0 aromatic rings. The maximum atomic E-state index is 13.9. The van der Waals surface area contributed by atoms with Gasteiger partial charge in [-0.25, -0.2) is 0 Å². The van der Waals surface area contributed by atoms with Gasteiger partial charge < -0.3 is 9.47 Å². The van der Waals surface area contributed by atoms with Crippen LogP contribution in [-0.4, -0.2) is 23.1 Å². The fourth-order valence-electron chi connectivity index (χ4n) is 7.66. The molecule has 4 heteroatoms. The van der Waals surface area contributed by atoms with Gasteiger partial charge in [-0.2, -0.15) is 0 Å². The summed E-state index contributed by atoms with van der Waals surface area (Å²) >= 11 is 0. The highest BCUT2D eigenvalue weighted by Gasteiger charge is 2.57. The molecule has 0 aromatic heterocycles. The maximum absolute atomic E-state index is 13.9. The molecule has 0 saturated heterocycles. The number of hydrogen-bond acceptors (Lipinski definition) is 4. The zero-order valence-electron chi connectivity index (χ0n) is 23.9. The van der Waals surface area contributed by atoms with Crippen LogP contribution < -0.4 is 0 Å². The summed E-state index contributed by atoms with van der Waals surface area (Å²) in [6.07, 6.45) is 21.2. The standard InChI is InChI=1S/C33H48O4/c1-7-22-15-17-32(11-5,26(9-3)19-22)36-30(34)28-24-13-14-25(21-24)29(28)31(35)37-33(12-6)18-16-23(8-2)20-27(33)10-4/h15-20,24-29H,7-14,21H2,1-6H3. The second-order valence-corrected chi connectivity index (χ2v) is 11.7. The first-order valence-electron chi connectivity index (χ1n) is 15.1. The van der Waals surface area contributed by atoms with Gasteiger partial charge in [0, 0.05) is 11.8 Å². The number of rotatable bonds is 10. The molecule has 2 fully saturated rings. The molecule has 4 aliphatic carbocycles. The number of ether oxygens (including phenoxy) is 2. The Morgan fingerprint density at radius 2 is 1.14 bits per heavy atom. The van der Waals surface area contributed by atoms with E-state index in [0.29, 0.717) is 0 Å². The second-order valence-electron chi connectivity index (χ2n) is 11.7. The van der Waals surface area contributed by atoms with E-state index in [9.17, 15) is 9.59 Å². The SMILES string of the molecule is CCC1=CC(CC)C(CC)(OC(=O)C2C3CCC(C3)C2C(=O)OC2(CC)C=CC(CC)=CC2CC)C=C1. The molecule has 0 amide bonds. The van der Waals surface area contributed by atoms with Crippen molar-refractivity contribution < 1.29 is 19.1 Å². The van der Waals surface area contributed by atoms with Crippen molar-refractivity contribution in [2.24, 2.45) is 35.5 Å². The van der Waals surface area contributed by atoms with Crippen LogP contribution in [-0.2, 0) is 19.1 Å². The average Bonchev–Trinajstić information content (AvgIpc) is 3.55. The lowest BCUT2D eigenvalue weighted by atomic mass is 9.75. The molecule has 0 aromatic carbocycles. The Labute approximate surface area is 224 Å². The molecule has 0 radical (unpaired) electrons. The molecule has 0 spiro atoms. The topological polar surface area (TPSA) is 52.6 Å². The van der Waals surface area contributed by atoms with E-state index >= 15 is 0 Å². The molecule has 4 nitrogen and oxygen atoms in total. The van der Waals surface area contributed by atoms with Gasteiger partial charge in [-0.05, 0) is 81.8 Å². The summed E-state index contributed by atoms with van der Waals surface area (Å²) in [5, 5.41) is 0. The van der Waals surface area contributed by atoms with Crippen LogP contribution >= 0.6 is 0 Å². The smallest absolute Gasteiger partial charge is 0.310 e. The van der Waals surface area contributed by atoms with Gasteiger partial charge in [0.05, 0.1) is 11.8 Å². The minimum Gasteiger partial charge on any atom is -0.454 e. The Morgan fingerprint density at radius 1 is 0.730 bits per heavy atom. The van der Waals surface area contributed by atoms with Crippen LogP contribution in [0.25, 0.3) is 0 Å². The van der Waals surface area contributed by atoms with Crippen molar-refractivity contribution in [3.63, 3.8) is 0 Å². The lowest BCUT2D eigenvalue weighted by Gasteiger charge is -2.41. The number of allylic oxidation sites excluding steroid dienone is 4. The molecule has 204 valence electrons. The largest absolute Gasteiger partial charge is 0.454 e. The van der Waals surface area contributed by atoms with E-state index in [0.717, 1.165) is 57.8 Å². The molecular weight excluding hydrogens is 460 g/mol. The molecular formula is C33H48O4. The van der Waals surface area contributed by atoms with Gasteiger partial charge in [-0.3, -0.25) is 9.59 Å². The van der Waals surface area contributed by atoms with E-state index in [4.69, 9.17) is 9.47 Å². The zero-order chi connectivity index (χ0) is 26.8. The summed E-state index contributed by atoms with van der Waals surface area (Å²) in [7, 11) is 0. The van der Waals surface area contributed by atoms with Gasteiger partial charge in [0.1, 0.15) is 11.2 Å². The minimum atomic E-state index is -0.633. The Hall–Kier alpha value is -2.10. The van der Waals surface area contributed by atoms with Crippen molar-refractivity contribution >= 4 is 11.9 Å². The number of hydrogen-bond donors (Lipinski definition) is 0. The molecule has 4 rings (SSSR count). The van der Waals surface area contributed by atoms with E-state index in [-0.39, 0.29) is 35.6 Å². The quantitative estimate of drug-likeness (QED) is 0.281. The summed E-state index contributed by atoms with van der Waals surface area (Å²) in [5.41, 5.74) is 1.33. The third-order valence-corrected chi connectivity index (χ3v) is 10.1. The van der Waals surface area contributed by atoms with Crippen molar-refractivity contribution in [1.29, 1.82) is 0 Å². The molecule has 8 unspecified atom stereocenters. The van der Waals surface area contributed by atoms with Gasteiger partial charge in [0.15, 0.2) is 0 Å². The molecule has 8 atom stereocenters. The highest BCUT2D eigenvalue weighted by Crippen LogP contribution is 2.54. The lowest BCUT2D eigenvalue weighted by molar-refractivity contribution is -0.180. The normalized spacial score (nSPS) is 38.3. The Kier molecular flexibility index (Phi) is 8.55. The van der Waals surface area contributed by atoms with Crippen molar-refractivity contribution in [3.05, 3.63) is 47.6 Å². The van der Waals surface area contributed by atoms with E-state index in [2.05, 4.69) is 78.0 Å². The first-order chi connectivity index (χ1) is 17.8. The fraction of sp³-hybridized carbons (Fsp3) is 0.697. The van der Waals surface area contributed by atoms with Crippen LogP contribution in [0.5, 0.6) is 0 Å². The third kappa shape index (κ3) is 5.02. The van der Waals surface area contributed by atoms with Crippen LogP contribution in [0.3, 0.4) is 0 Å². The predicted octanol–water partition coefficient (Wildman–Crippen LogP) is 7.90. The molecule has 2 saturated carbocycles. The van der Waals surface area contributed by atoms with Gasteiger partial charge >= 0.3 is 11.9 Å². The van der Waals surface area contributed by atoms with Crippen LogP contribution in [0, 0.1) is 35.5 Å². The van der Waals surface area contributed by atoms with E-state index in [1.165, 1.54) is 11.1 Å². The monoisotopic (exact) mass is 508 g/mol. The van der Waals surface area contributed by atoms with Gasteiger partial charge in [0.25, 0.3) is 0 Å². The molecule has 4 aliphatic rings. The third-order valence-electron chi connectivity index (χ3n) is 10.1. The highest BCUT2D eigenvalue weighted by atomic mass is 16.6. The molecule has 2 bridgehead atoms. The van der Waals surface area contributed by atoms with Crippen LogP contribution in [0.4, 0.5) is 0 Å². The highest BCUT2D eigenvalue weighted by molar-refractivity contribution is 5.84. The minimum absolute atomic E-state index is 0.158. The van der Waals surface area contributed by atoms with E-state index in [1.807, 2.05) is 0 Å². The lowest BCUT2D eigenvalue weighted by Crippen LogP contribution is -2.47. The van der Waals surface area contributed by atoms with E-state index in [1.54, 1.807) is 0 Å². The van der Waals surface area contributed by atoms with Crippen molar-refractivity contribution in [1.82, 2.24) is 0 Å². The Balaban J connectivity index is 1.56. The maximum Gasteiger partial charge on any atom is 0.310 e. The van der Waals surface area contributed by atoms with Gasteiger partial charge in [-0.15, -0.1) is 0 Å². The predicted molar refractivity (Wildman–Crippen MR) is 149 cm³/mol. The number of carbonyl (C=O) groups is 2. The molecule has 0 aliphatic heterocycles. The van der Waals surface area contributed by atoms with Gasteiger partial charge in [-0.1, -0.05) is 77.0 Å². The summed E-state index contributed by atoms with van der Waals surface area (Å²) in [6, 6.07) is 0. The summed E-state index contributed by atoms with van der Waals surface area (Å²) in [6.45, 7) is 12.8. The summed E-state index contributed by atoms with van der Waals surface area (Å²) in [5.74, 6) is -0.453. The number of esters is 2. The van der Waals surface area contributed by atoms with Crippen molar-refractivity contribution in [2.45, 2.75) is 111 Å². The van der Waals surface area contributed by atoms with Crippen LogP contribution in [0.15, 0.2) is 47.6 Å².